The molecule has 1 aliphatic rings. The van der Waals surface area contributed by atoms with E-state index in [9.17, 15) is 0 Å². The van der Waals surface area contributed by atoms with Crippen molar-refractivity contribution >= 4 is 0 Å². The lowest BCUT2D eigenvalue weighted by atomic mass is 10.0. The molecule has 0 spiro atoms. The van der Waals surface area contributed by atoms with E-state index in [-0.39, 0.29) is 6.61 Å². The highest BCUT2D eigenvalue weighted by molar-refractivity contribution is 5.47. The van der Waals surface area contributed by atoms with Gasteiger partial charge in [-0.3, -0.25) is 0 Å². The van der Waals surface area contributed by atoms with Crippen LogP contribution in [0, 0.1) is 6.92 Å². The zero-order chi connectivity index (χ0) is 11.4. The first-order valence-corrected chi connectivity index (χ1v) is 5.81. The van der Waals surface area contributed by atoms with Crippen LogP contribution >= 0.6 is 0 Å². The Kier molecular flexibility index (Phi) is 3.67. The van der Waals surface area contributed by atoms with Crippen LogP contribution in [0.2, 0.25) is 0 Å². The average molecular weight is 222 g/mol. The second-order valence-corrected chi connectivity index (χ2v) is 4.10. The topological polar surface area (TPSA) is 38.7 Å². The van der Waals surface area contributed by atoms with Crippen molar-refractivity contribution in [3.05, 3.63) is 23.3 Å². The van der Waals surface area contributed by atoms with E-state index in [4.69, 9.17) is 14.6 Å². The molecule has 1 aromatic rings. The smallest absolute Gasteiger partial charge is 0.161 e. The summed E-state index contributed by atoms with van der Waals surface area (Å²) >= 11 is 0. The van der Waals surface area contributed by atoms with E-state index in [2.05, 4.69) is 6.92 Å². The van der Waals surface area contributed by atoms with Gasteiger partial charge >= 0.3 is 0 Å². The van der Waals surface area contributed by atoms with Gasteiger partial charge in [0.15, 0.2) is 11.5 Å². The minimum Gasteiger partial charge on any atom is -0.490 e. The fourth-order valence-corrected chi connectivity index (χ4v) is 1.89. The number of fused-ring (bicyclic) bond motifs is 1. The van der Waals surface area contributed by atoms with Crippen molar-refractivity contribution in [3.8, 4) is 11.5 Å². The Bertz CT molecular complexity index is 360. The van der Waals surface area contributed by atoms with Crippen LogP contribution in [0.4, 0.5) is 0 Å². The molecule has 0 amide bonds. The van der Waals surface area contributed by atoms with Crippen LogP contribution in [0.15, 0.2) is 12.1 Å². The van der Waals surface area contributed by atoms with E-state index in [0.717, 1.165) is 44.0 Å². The van der Waals surface area contributed by atoms with Crippen LogP contribution in [0.3, 0.4) is 0 Å². The molecule has 0 saturated heterocycles. The molecule has 0 aliphatic carbocycles. The second kappa shape index (κ2) is 5.21. The SMILES string of the molecule is Cc1cc2c(cc1CCCO)OCCCO2. The maximum Gasteiger partial charge on any atom is 0.161 e. The average Bonchev–Trinajstić information content (AvgIpc) is 2.50. The van der Waals surface area contributed by atoms with Crippen molar-refractivity contribution < 1.29 is 14.6 Å². The minimum atomic E-state index is 0.230. The predicted molar refractivity (Wildman–Crippen MR) is 62.2 cm³/mol. The van der Waals surface area contributed by atoms with Crippen molar-refractivity contribution in [2.45, 2.75) is 26.2 Å². The number of rotatable bonds is 3. The lowest BCUT2D eigenvalue weighted by Crippen LogP contribution is -1.97. The first kappa shape index (κ1) is 11.3. The van der Waals surface area contributed by atoms with Gasteiger partial charge in [-0.2, -0.15) is 0 Å². The van der Waals surface area contributed by atoms with Crippen molar-refractivity contribution in [2.24, 2.45) is 0 Å². The largest absolute Gasteiger partial charge is 0.490 e. The van der Waals surface area contributed by atoms with Crippen molar-refractivity contribution in [1.29, 1.82) is 0 Å². The Morgan fingerprint density at radius 1 is 1.19 bits per heavy atom. The van der Waals surface area contributed by atoms with Gasteiger partial charge in [0, 0.05) is 13.0 Å². The summed E-state index contributed by atoms with van der Waals surface area (Å²) in [4.78, 5) is 0. The van der Waals surface area contributed by atoms with Gasteiger partial charge in [0.2, 0.25) is 0 Å². The van der Waals surface area contributed by atoms with Gasteiger partial charge in [-0.05, 0) is 43.0 Å². The fourth-order valence-electron chi connectivity index (χ4n) is 1.89. The lowest BCUT2D eigenvalue weighted by molar-refractivity contribution is 0.288. The number of benzene rings is 1. The van der Waals surface area contributed by atoms with Crippen LogP contribution in [-0.2, 0) is 6.42 Å². The van der Waals surface area contributed by atoms with Gasteiger partial charge in [-0.25, -0.2) is 0 Å². The van der Waals surface area contributed by atoms with Crippen LogP contribution in [0.1, 0.15) is 24.0 Å². The number of ether oxygens (including phenoxy) is 2. The van der Waals surface area contributed by atoms with E-state index in [1.165, 1.54) is 11.1 Å². The molecule has 1 N–H and O–H groups in total. The van der Waals surface area contributed by atoms with Crippen LogP contribution in [-0.4, -0.2) is 24.9 Å². The highest BCUT2D eigenvalue weighted by Gasteiger charge is 2.12. The standard InChI is InChI=1S/C13H18O3/c1-10-8-12-13(16-7-3-6-15-12)9-11(10)4-2-5-14/h8-9,14H,2-7H2,1H3. The maximum atomic E-state index is 8.85. The third-order valence-corrected chi connectivity index (χ3v) is 2.81. The molecule has 0 saturated carbocycles. The van der Waals surface area contributed by atoms with Crippen LogP contribution in [0.25, 0.3) is 0 Å². The second-order valence-electron chi connectivity index (χ2n) is 4.10. The minimum absolute atomic E-state index is 0.230. The molecule has 1 aliphatic heterocycles. The van der Waals surface area contributed by atoms with Crippen molar-refractivity contribution in [2.75, 3.05) is 19.8 Å². The summed E-state index contributed by atoms with van der Waals surface area (Å²) in [5.74, 6) is 1.69. The van der Waals surface area contributed by atoms with E-state index in [1.807, 2.05) is 12.1 Å². The summed E-state index contributed by atoms with van der Waals surface area (Å²) in [7, 11) is 0. The first-order chi connectivity index (χ1) is 7.81. The molecule has 88 valence electrons. The quantitative estimate of drug-likeness (QED) is 0.851. The monoisotopic (exact) mass is 222 g/mol. The molecule has 0 radical (unpaired) electrons. The molecule has 0 aromatic heterocycles. The Labute approximate surface area is 96.0 Å². The summed E-state index contributed by atoms with van der Waals surface area (Å²) in [5, 5.41) is 8.85. The van der Waals surface area contributed by atoms with E-state index < -0.39 is 0 Å². The molecular weight excluding hydrogens is 204 g/mol. The Morgan fingerprint density at radius 2 is 1.88 bits per heavy atom. The highest BCUT2D eigenvalue weighted by Crippen LogP contribution is 2.32. The molecule has 3 nitrogen and oxygen atoms in total. The number of aliphatic hydroxyl groups excluding tert-OH is 1. The number of aliphatic hydroxyl groups is 1. The molecule has 0 atom stereocenters. The third kappa shape index (κ3) is 2.47. The zero-order valence-electron chi connectivity index (χ0n) is 9.66. The van der Waals surface area contributed by atoms with Gasteiger partial charge in [0.25, 0.3) is 0 Å². The first-order valence-electron chi connectivity index (χ1n) is 5.81. The predicted octanol–water partition coefficient (Wildman–Crippen LogP) is 2.08. The number of hydrogen-bond donors (Lipinski definition) is 1. The normalized spacial score (nSPS) is 14.6. The lowest BCUT2D eigenvalue weighted by Gasteiger charge is -2.12. The summed E-state index contributed by atoms with van der Waals surface area (Å²) in [6.07, 6.45) is 2.61. The van der Waals surface area contributed by atoms with Gasteiger partial charge < -0.3 is 14.6 Å². The molecule has 1 heterocycles. The van der Waals surface area contributed by atoms with Crippen LogP contribution < -0.4 is 9.47 Å². The molecule has 1 aromatic carbocycles. The molecule has 0 bridgehead atoms. The Hall–Kier alpha value is -1.22. The maximum absolute atomic E-state index is 8.85. The van der Waals surface area contributed by atoms with Gasteiger partial charge in [-0.15, -0.1) is 0 Å². The molecule has 16 heavy (non-hydrogen) atoms. The third-order valence-electron chi connectivity index (χ3n) is 2.81. The van der Waals surface area contributed by atoms with Gasteiger partial charge in [0.05, 0.1) is 13.2 Å². The number of aryl methyl sites for hydroxylation is 2. The molecule has 0 fully saturated rings. The highest BCUT2D eigenvalue weighted by atomic mass is 16.5. The van der Waals surface area contributed by atoms with E-state index in [0.29, 0.717) is 0 Å². The molecule has 2 rings (SSSR count). The summed E-state index contributed by atoms with van der Waals surface area (Å²) in [6.45, 7) is 3.74. The number of hydrogen-bond acceptors (Lipinski definition) is 3. The molecule has 0 unspecified atom stereocenters. The van der Waals surface area contributed by atoms with Gasteiger partial charge in [-0.1, -0.05) is 0 Å². The van der Waals surface area contributed by atoms with Crippen molar-refractivity contribution in [3.63, 3.8) is 0 Å². The van der Waals surface area contributed by atoms with Crippen molar-refractivity contribution in [1.82, 2.24) is 0 Å². The Morgan fingerprint density at radius 3 is 2.56 bits per heavy atom. The molecular formula is C13H18O3. The molecule has 3 heteroatoms. The zero-order valence-corrected chi connectivity index (χ0v) is 9.66. The Balaban J connectivity index is 2.24. The summed E-state index contributed by atoms with van der Waals surface area (Å²) in [5.41, 5.74) is 2.44. The van der Waals surface area contributed by atoms with Gasteiger partial charge in [0.1, 0.15) is 0 Å². The summed E-state index contributed by atoms with van der Waals surface area (Å²) < 4.78 is 11.3. The van der Waals surface area contributed by atoms with E-state index >= 15 is 0 Å². The summed E-state index contributed by atoms with van der Waals surface area (Å²) in [6, 6.07) is 4.08. The van der Waals surface area contributed by atoms with E-state index in [1.54, 1.807) is 0 Å². The van der Waals surface area contributed by atoms with Crippen LogP contribution in [0.5, 0.6) is 11.5 Å². The fraction of sp³-hybridized carbons (Fsp3) is 0.538.